The highest BCUT2D eigenvalue weighted by atomic mass is 16.5. The highest BCUT2D eigenvalue weighted by Gasteiger charge is 2.14. The van der Waals surface area contributed by atoms with Crippen LogP contribution in [-0.2, 0) is 9.53 Å². The lowest BCUT2D eigenvalue weighted by atomic mass is 10.0. The third-order valence-electron chi connectivity index (χ3n) is 2.46. The Hall–Kier alpha value is -0.990. The zero-order valence-corrected chi connectivity index (χ0v) is 8.32. The summed E-state index contributed by atoms with van der Waals surface area (Å²) in [5.41, 5.74) is 0. The Kier molecular flexibility index (Phi) is 3.80. The molecule has 0 aromatic heterocycles. The number of carbonyl (C=O) groups is 1. The van der Waals surface area contributed by atoms with Gasteiger partial charge in [0, 0.05) is 24.9 Å². The number of nitrogens with zero attached hydrogens (tertiary/aromatic N) is 1. The van der Waals surface area contributed by atoms with Crippen molar-refractivity contribution < 1.29 is 9.53 Å². The minimum absolute atomic E-state index is 0.280. The molecule has 1 rings (SSSR count). The number of carbonyl (C=O) groups excluding carboxylic acids is 1. The van der Waals surface area contributed by atoms with E-state index in [0.29, 0.717) is 6.04 Å². The van der Waals surface area contributed by atoms with Crippen molar-refractivity contribution in [2.75, 3.05) is 13.7 Å². The van der Waals surface area contributed by atoms with Gasteiger partial charge in [-0.3, -0.25) is 0 Å². The molecule has 0 spiro atoms. The SMILES string of the molecule is COC(=O)C=CN1CCCCC1C. The summed E-state index contributed by atoms with van der Waals surface area (Å²) in [6.07, 6.45) is 7.06. The molecule has 0 saturated carbocycles. The fourth-order valence-corrected chi connectivity index (χ4v) is 1.57. The number of likely N-dealkylation sites (tertiary alicyclic amines) is 1. The van der Waals surface area contributed by atoms with E-state index in [9.17, 15) is 4.79 Å². The Morgan fingerprint density at radius 3 is 2.92 bits per heavy atom. The molecule has 0 radical (unpaired) electrons. The van der Waals surface area contributed by atoms with E-state index in [1.165, 1.54) is 32.4 Å². The second-order valence-electron chi connectivity index (χ2n) is 3.42. The van der Waals surface area contributed by atoms with E-state index in [-0.39, 0.29) is 5.97 Å². The molecule has 1 unspecified atom stereocenters. The van der Waals surface area contributed by atoms with E-state index in [0.717, 1.165) is 6.54 Å². The average Bonchev–Trinajstić information content (AvgIpc) is 2.16. The van der Waals surface area contributed by atoms with Crippen LogP contribution in [0, 0.1) is 0 Å². The van der Waals surface area contributed by atoms with Crippen LogP contribution in [0.25, 0.3) is 0 Å². The Morgan fingerprint density at radius 2 is 2.31 bits per heavy atom. The smallest absolute Gasteiger partial charge is 0.331 e. The van der Waals surface area contributed by atoms with Crippen LogP contribution < -0.4 is 0 Å². The number of hydrogen-bond donors (Lipinski definition) is 0. The number of hydrogen-bond acceptors (Lipinski definition) is 3. The van der Waals surface area contributed by atoms with Gasteiger partial charge < -0.3 is 9.64 Å². The minimum Gasteiger partial charge on any atom is -0.466 e. The van der Waals surface area contributed by atoms with Gasteiger partial charge in [-0.15, -0.1) is 0 Å². The van der Waals surface area contributed by atoms with Gasteiger partial charge in [-0.25, -0.2) is 4.79 Å². The molecule has 0 amide bonds. The number of ether oxygens (including phenoxy) is 1. The first-order chi connectivity index (χ1) is 6.24. The van der Waals surface area contributed by atoms with Crippen molar-refractivity contribution in [2.45, 2.75) is 32.2 Å². The van der Waals surface area contributed by atoms with E-state index >= 15 is 0 Å². The molecule has 0 N–H and O–H groups in total. The molecule has 0 aliphatic carbocycles. The molecule has 1 saturated heterocycles. The Balaban J connectivity index is 2.41. The Morgan fingerprint density at radius 1 is 1.54 bits per heavy atom. The summed E-state index contributed by atoms with van der Waals surface area (Å²) in [7, 11) is 1.40. The zero-order chi connectivity index (χ0) is 9.68. The van der Waals surface area contributed by atoms with Gasteiger partial charge in [0.2, 0.25) is 0 Å². The van der Waals surface area contributed by atoms with E-state index < -0.39 is 0 Å². The predicted octanol–water partition coefficient (Wildman–Crippen LogP) is 1.55. The summed E-state index contributed by atoms with van der Waals surface area (Å²) in [5.74, 6) is -0.280. The van der Waals surface area contributed by atoms with Gasteiger partial charge in [0.1, 0.15) is 0 Å². The van der Waals surface area contributed by atoms with Crippen molar-refractivity contribution in [3.8, 4) is 0 Å². The van der Waals surface area contributed by atoms with E-state index in [1.807, 2.05) is 6.20 Å². The summed E-state index contributed by atoms with van der Waals surface area (Å²) in [5, 5.41) is 0. The van der Waals surface area contributed by atoms with Gasteiger partial charge in [-0.2, -0.15) is 0 Å². The van der Waals surface area contributed by atoms with Gasteiger partial charge in [0.25, 0.3) is 0 Å². The Labute approximate surface area is 79.4 Å². The van der Waals surface area contributed by atoms with Crippen LogP contribution in [0.2, 0.25) is 0 Å². The lowest BCUT2D eigenvalue weighted by molar-refractivity contribution is -0.134. The summed E-state index contributed by atoms with van der Waals surface area (Å²) >= 11 is 0. The van der Waals surface area contributed by atoms with Crippen LogP contribution in [0.3, 0.4) is 0 Å². The summed E-state index contributed by atoms with van der Waals surface area (Å²) in [4.78, 5) is 13.0. The molecule has 1 atom stereocenters. The van der Waals surface area contributed by atoms with Gasteiger partial charge in [-0.1, -0.05) is 0 Å². The largest absolute Gasteiger partial charge is 0.466 e. The van der Waals surface area contributed by atoms with Crippen LogP contribution in [0.5, 0.6) is 0 Å². The molecule has 0 bridgehead atoms. The molecule has 13 heavy (non-hydrogen) atoms. The summed E-state index contributed by atoms with van der Waals surface area (Å²) < 4.78 is 4.52. The lowest BCUT2D eigenvalue weighted by Gasteiger charge is -2.32. The van der Waals surface area contributed by atoms with E-state index in [1.54, 1.807) is 0 Å². The van der Waals surface area contributed by atoms with E-state index in [4.69, 9.17) is 0 Å². The molecule has 3 heteroatoms. The van der Waals surface area contributed by atoms with Crippen LogP contribution >= 0.6 is 0 Å². The highest BCUT2D eigenvalue weighted by molar-refractivity contribution is 5.81. The maximum absolute atomic E-state index is 10.8. The van der Waals surface area contributed by atoms with Crippen LogP contribution in [0.15, 0.2) is 12.3 Å². The second-order valence-corrected chi connectivity index (χ2v) is 3.42. The van der Waals surface area contributed by atoms with Crippen molar-refractivity contribution in [1.82, 2.24) is 4.90 Å². The van der Waals surface area contributed by atoms with Crippen LogP contribution in [-0.4, -0.2) is 30.6 Å². The number of methoxy groups -OCH3 is 1. The van der Waals surface area contributed by atoms with Crippen LogP contribution in [0.4, 0.5) is 0 Å². The molecule has 1 heterocycles. The minimum atomic E-state index is -0.280. The quantitative estimate of drug-likeness (QED) is 0.480. The van der Waals surface area contributed by atoms with Crippen LogP contribution in [0.1, 0.15) is 26.2 Å². The zero-order valence-electron chi connectivity index (χ0n) is 8.32. The molecule has 0 aromatic rings. The van der Waals surface area contributed by atoms with Crippen molar-refractivity contribution in [3.63, 3.8) is 0 Å². The first kappa shape index (κ1) is 10.1. The normalized spacial score (nSPS) is 23.5. The van der Waals surface area contributed by atoms with Gasteiger partial charge in [0.05, 0.1) is 7.11 Å². The predicted molar refractivity (Wildman–Crippen MR) is 51.2 cm³/mol. The van der Waals surface area contributed by atoms with Crippen molar-refractivity contribution in [1.29, 1.82) is 0 Å². The standard InChI is InChI=1S/C10H17NO2/c1-9-5-3-4-7-11(9)8-6-10(12)13-2/h6,8-9H,3-5,7H2,1-2H3. The number of esters is 1. The fourth-order valence-electron chi connectivity index (χ4n) is 1.57. The first-order valence-corrected chi connectivity index (χ1v) is 4.76. The van der Waals surface area contributed by atoms with E-state index in [2.05, 4.69) is 16.6 Å². The number of rotatable bonds is 2. The van der Waals surface area contributed by atoms with Crippen molar-refractivity contribution >= 4 is 5.97 Å². The monoisotopic (exact) mass is 183 g/mol. The molecule has 3 nitrogen and oxygen atoms in total. The average molecular weight is 183 g/mol. The Bertz CT molecular complexity index is 201. The molecule has 74 valence electrons. The van der Waals surface area contributed by atoms with Gasteiger partial charge in [0.15, 0.2) is 0 Å². The highest BCUT2D eigenvalue weighted by Crippen LogP contribution is 2.16. The summed E-state index contributed by atoms with van der Waals surface area (Å²) in [6.45, 7) is 3.23. The second kappa shape index (κ2) is 4.90. The number of piperidine rings is 1. The maximum atomic E-state index is 10.8. The summed E-state index contributed by atoms with van der Waals surface area (Å²) in [6, 6.07) is 0.551. The van der Waals surface area contributed by atoms with Crippen molar-refractivity contribution in [2.24, 2.45) is 0 Å². The molecular formula is C10H17NO2. The lowest BCUT2D eigenvalue weighted by Crippen LogP contribution is -2.33. The van der Waals surface area contributed by atoms with Gasteiger partial charge in [-0.05, 0) is 26.2 Å². The topological polar surface area (TPSA) is 29.5 Å². The first-order valence-electron chi connectivity index (χ1n) is 4.76. The molecule has 1 aliphatic rings. The van der Waals surface area contributed by atoms with Crippen molar-refractivity contribution in [3.05, 3.63) is 12.3 Å². The molecular weight excluding hydrogens is 166 g/mol. The molecule has 1 fully saturated rings. The fraction of sp³-hybridized carbons (Fsp3) is 0.700. The molecule has 1 aliphatic heterocycles. The van der Waals surface area contributed by atoms with Gasteiger partial charge >= 0.3 is 5.97 Å². The maximum Gasteiger partial charge on any atom is 0.331 e. The molecule has 0 aromatic carbocycles. The third-order valence-corrected chi connectivity index (χ3v) is 2.46. The third kappa shape index (κ3) is 3.09.